The van der Waals surface area contributed by atoms with E-state index in [4.69, 9.17) is 4.42 Å². The van der Waals surface area contributed by atoms with Crippen LogP contribution < -0.4 is 0 Å². The molecule has 3 aromatic rings. The van der Waals surface area contributed by atoms with Gasteiger partial charge in [-0.1, -0.05) is 18.6 Å². The summed E-state index contributed by atoms with van der Waals surface area (Å²) < 4.78 is 33.5. The molecule has 0 unspecified atom stereocenters. The number of oxazole rings is 1. The van der Waals surface area contributed by atoms with Gasteiger partial charge in [0.05, 0.1) is 6.42 Å². The van der Waals surface area contributed by atoms with Crippen LogP contribution in [0.4, 0.5) is 0 Å². The largest absolute Gasteiger partial charge is 0.440 e. The minimum Gasteiger partial charge on any atom is -0.440 e. The highest BCUT2D eigenvalue weighted by Crippen LogP contribution is 2.31. The van der Waals surface area contributed by atoms with Gasteiger partial charge in [-0.2, -0.15) is 4.31 Å². The Balaban J connectivity index is 1.18. The number of hydrogen-bond donors (Lipinski definition) is 0. The van der Waals surface area contributed by atoms with Crippen molar-refractivity contribution in [2.75, 3.05) is 26.2 Å². The van der Waals surface area contributed by atoms with Gasteiger partial charge in [0.1, 0.15) is 9.73 Å². The second-order valence-electron chi connectivity index (χ2n) is 8.54. The molecule has 9 heteroatoms. The lowest BCUT2D eigenvalue weighted by atomic mass is 9.96. The lowest BCUT2D eigenvalue weighted by Crippen LogP contribution is -2.38. The maximum absolute atomic E-state index is 12.8. The number of aromatic nitrogens is 1. The van der Waals surface area contributed by atoms with E-state index in [1.807, 2.05) is 29.2 Å². The van der Waals surface area contributed by atoms with E-state index in [2.05, 4.69) is 4.98 Å². The summed E-state index contributed by atoms with van der Waals surface area (Å²) in [5.41, 5.74) is 1.67. The fourth-order valence-electron chi connectivity index (χ4n) is 4.53. The zero-order valence-electron chi connectivity index (χ0n) is 17.9. The fraction of sp³-hybridized carbons (Fsp3) is 0.478. The van der Waals surface area contributed by atoms with Crippen LogP contribution in [0.25, 0.3) is 11.1 Å². The first-order valence-electron chi connectivity index (χ1n) is 11.2. The first kappa shape index (κ1) is 21.6. The standard InChI is InChI=1S/C23H27N3O4S2/c27-21(16-18-8-9-22(31-18)32(28,29)26-12-4-1-5-13-26)25-14-10-17(11-15-25)23-24-19-6-2-3-7-20(19)30-23/h2-3,6-9,17H,1,4-5,10-16H2. The summed E-state index contributed by atoms with van der Waals surface area (Å²) in [7, 11) is -3.44. The Bertz CT molecular complexity index is 1170. The van der Waals surface area contributed by atoms with E-state index < -0.39 is 10.0 Å². The number of sulfonamides is 1. The topological polar surface area (TPSA) is 83.7 Å². The van der Waals surface area contributed by atoms with E-state index >= 15 is 0 Å². The number of amides is 1. The predicted octanol–water partition coefficient (Wildman–Crippen LogP) is 4.01. The summed E-state index contributed by atoms with van der Waals surface area (Å²) in [6.45, 7) is 2.49. The van der Waals surface area contributed by atoms with Crippen LogP contribution in [0.1, 0.15) is 48.8 Å². The van der Waals surface area contributed by atoms with Crippen molar-refractivity contribution in [1.29, 1.82) is 0 Å². The number of fused-ring (bicyclic) bond motifs is 1. The van der Waals surface area contributed by atoms with E-state index in [-0.39, 0.29) is 18.2 Å². The van der Waals surface area contributed by atoms with Crippen molar-refractivity contribution in [3.63, 3.8) is 0 Å². The summed E-state index contributed by atoms with van der Waals surface area (Å²) in [4.78, 5) is 20.1. The minimum atomic E-state index is -3.44. The molecule has 2 aromatic heterocycles. The van der Waals surface area contributed by atoms with Crippen molar-refractivity contribution in [2.45, 2.75) is 48.7 Å². The number of benzene rings is 1. The molecule has 7 nitrogen and oxygen atoms in total. The number of para-hydroxylation sites is 2. The average molecular weight is 474 g/mol. The molecule has 1 aromatic carbocycles. The molecule has 0 aliphatic carbocycles. The number of likely N-dealkylation sites (tertiary alicyclic amines) is 1. The number of rotatable bonds is 5. The molecule has 0 spiro atoms. The lowest BCUT2D eigenvalue weighted by molar-refractivity contribution is -0.131. The summed E-state index contributed by atoms with van der Waals surface area (Å²) in [5.74, 6) is 1.02. The van der Waals surface area contributed by atoms with Crippen molar-refractivity contribution < 1.29 is 17.6 Å². The van der Waals surface area contributed by atoms with Crippen LogP contribution in [0.15, 0.2) is 45.0 Å². The average Bonchev–Trinajstić information content (AvgIpc) is 3.47. The molecule has 1 amide bonds. The third-order valence-corrected chi connectivity index (χ3v) is 9.83. The van der Waals surface area contributed by atoms with E-state index in [0.29, 0.717) is 30.4 Å². The monoisotopic (exact) mass is 473 g/mol. The first-order chi connectivity index (χ1) is 15.5. The molecule has 2 saturated heterocycles. The molecular weight excluding hydrogens is 446 g/mol. The van der Waals surface area contributed by atoms with Crippen molar-refractivity contribution in [3.8, 4) is 0 Å². The van der Waals surface area contributed by atoms with E-state index in [1.165, 1.54) is 11.3 Å². The lowest BCUT2D eigenvalue weighted by Gasteiger charge is -2.30. The van der Waals surface area contributed by atoms with Gasteiger partial charge in [0.15, 0.2) is 11.5 Å². The third-order valence-electron chi connectivity index (χ3n) is 6.38. The van der Waals surface area contributed by atoms with Gasteiger partial charge in [-0.3, -0.25) is 4.79 Å². The Hall–Kier alpha value is -2.23. The van der Waals surface area contributed by atoms with E-state index in [0.717, 1.165) is 54.0 Å². The first-order valence-corrected chi connectivity index (χ1v) is 13.5. The van der Waals surface area contributed by atoms with Crippen molar-refractivity contribution in [3.05, 3.63) is 47.2 Å². The van der Waals surface area contributed by atoms with Crippen LogP contribution in [0.5, 0.6) is 0 Å². The number of carbonyl (C=O) groups is 1. The number of hydrogen-bond acceptors (Lipinski definition) is 6. The third kappa shape index (κ3) is 4.33. The van der Waals surface area contributed by atoms with E-state index in [9.17, 15) is 13.2 Å². The summed E-state index contributed by atoms with van der Waals surface area (Å²) in [6, 6.07) is 11.2. The summed E-state index contributed by atoms with van der Waals surface area (Å²) in [5, 5.41) is 0. The quantitative estimate of drug-likeness (QED) is 0.559. The molecule has 4 heterocycles. The Kier molecular flexibility index (Phi) is 6.05. The van der Waals surface area contributed by atoms with Gasteiger partial charge in [-0.15, -0.1) is 11.3 Å². The highest BCUT2D eigenvalue weighted by molar-refractivity contribution is 7.91. The Morgan fingerprint density at radius 3 is 2.53 bits per heavy atom. The molecule has 2 fully saturated rings. The Morgan fingerprint density at radius 2 is 1.78 bits per heavy atom. The smallest absolute Gasteiger partial charge is 0.252 e. The maximum atomic E-state index is 12.8. The summed E-state index contributed by atoms with van der Waals surface area (Å²) >= 11 is 1.22. The molecule has 0 bridgehead atoms. The summed E-state index contributed by atoms with van der Waals surface area (Å²) in [6.07, 6.45) is 4.78. The molecular formula is C23H27N3O4S2. The molecule has 0 N–H and O–H groups in total. The second kappa shape index (κ2) is 8.96. The van der Waals surface area contributed by atoms with Gasteiger partial charge in [-0.05, 0) is 49.9 Å². The maximum Gasteiger partial charge on any atom is 0.252 e. The number of nitrogens with zero attached hydrogens (tertiary/aromatic N) is 3. The molecule has 5 rings (SSSR count). The minimum absolute atomic E-state index is 0.0461. The normalized spacial score (nSPS) is 18.9. The Labute approximate surface area is 192 Å². The number of thiophene rings is 1. The highest BCUT2D eigenvalue weighted by atomic mass is 32.2. The fourth-order valence-corrected chi connectivity index (χ4v) is 7.54. The molecule has 2 aliphatic rings. The molecule has 170 valence electrons. The predicted molar refractivity (Wildman–Crippen MR) is 123 cm³/mol. The Morgan fingerprint density at radius 1 is 1.03 bits per heavy atom. The zero-order chi connectivity index (χ0) is 22.1. The number of carbonyl (C=O) groups excluding carboxylic acids is 1. The van der Waals surface area contributed by atoms with Crippen LogP contribution in [0.2, 0.25) is 0 Å². The highest BCUT2D eigenvalue weighted by Gasteiger charge is 2.29. The van der Waals surface area contributed by atoms with Gasteiger partial charge in [0.2, 0.25) is 5.91 Å². The van der Waals surface area contributed by atoms with Gasteiger partial charge in [-0.25, -0.2) is 13.4 Å². The van der Waals surface area contributed by atoms with Crippen molar-refractivity contribution in [2.24, 2.45) is 0 Å². The van der Waals surface area contributed by atoms with Crippen LogP contribution in [-0.4, -0.2) is 54.7 Å². The van der Waals surface area contributed by atoms with Gasteiger partial charge in [0.25, 0.3) is 10.0 Å². The second-order valence-corrected chi connectivity index (χ2v) is 11.9. The molecule has 0 atom stereocenters. The zero-order valence-corrected chi connectivity index (χ0v) is 19.5. The SMILES string of the molecule is O=C(Cc1ccc(S(=O)(=O)N2CCCCC2)s1)N1CCC(c2nc3ccccc3o2)CC1. The molecule has 32 heavy (non-hydrogen) atoms. The molecule has 0 radical (unpaired) electrons. The van der Waals surface area contributed by atoms with Crippen LogP contribution in [-0.2, 0) is 21.2 Å². The van der Waals surface area contributed by atoms with Crippen LogP contribution in [0.3, 0.4) is 0 Å². The van der Waals surface area contributed by atoms with E-state index in [1.54, 1.807) is 16.4 Å². The van der Waals surface area contributed by atoms with Crippen LogP contribution in [0, 0.1) is 0 Å². The van der Waals surface area contributed by atoms with Gasteiger partial charge >= 0.3 is 0 Å². The molecule has 2 aliphatic heterocycles. The van der Waals surface area contributed by atoms with Crippen LogP contribution >= 0.6 is 11.3 Å². The number of piperidine rings is 2. The van der Waals surface area contributed by atoms with Gasteiger partial charge < -0.3 is 9.32 Å². The van der Waals surface area contributed by atoms with Crippen molar-refractivity contribution >= 4 is 38.4 Å². The van der Waals surface area contributed by atoms with Crippen molar-refractivity contribution in [1.82, 2.24) is 14.2 Å². The van der Waals surface area contributed by atoms with Gasteiger partial charge in [0, 0.05) is 37.0 Å². The molecule has 0 saturated carbocycles.